The van der Waals surface area contributed by atoms with Crippen molar-refractivity contribution in [1.82, 2.24) is 4.98 Å². The van der Waals surface area contributed by atoms with Gasteiger partial charge in [0, 0.05) is 6.20 Å². The van der Waals surface area contributed by atoms with Crippen LogP contribution in [0.15, 0.2) is 6.20 Å². The van der Waals surface area contributed by atoms with Crippen molar-refractivity contribution in [2.75, 3.05) is 0 Å². The van der Waals surface area contributed by atoms with Crippen LogP contribution >= 0.6 is 11.6 Å². The second kappa shape index (κ2) is 5.48. The van der Waals surface area contributed by atoms with Crippen LogP contribution < -0.4 is 0 Å². The van der Waals surface area contributed by atoms with Crippen LogP contribution in [0.3, 0.4) is 0 Å². The summed E-state index contributed by atoms with van der Waals surface area (Å²) < 4.78 is 63.9. The number of hydrogen-bond acceptors (Lipinski definition) is 2. The third-order valence-corrected chi connectivity index (χ3v) is 2.43. The van der Waals surface area contributed by atoms with Gasteiger partial charge in [-0.25, -0.2) is 8.78 Å². The van der Waals surface area contributed by atoms with Gasteiger partial charge in [-0.05, 0) is 5.56 Å². The van der Waals surface area contributed by atoms with Crippen LogP contribution in [0.2, 0.25) is 0 Å². The molecule has 1 aromatic rings. The maximum Gasteiger partial charge on any atom is 0.417 e. The van der Waals surface area contributed by atoms with Gasteiger partial charge in [0.05, 0.1) is 35.2 Å². The molecule has 0 aliphatic heterocycles. The van der Waals surface area contributed by atoms with E-state index in [1.165, 1.54) is 6.07 Å². The fourth-order valence-electron chi connectivity index (χ4n) is 1.50. The Labute approximate surface area is 104 Å². The van der Waals surface area contributed by atoms with Gasteiger partial charge in [0.25, 0.3) is 6.43 Å². The van der Waals surface area contributed by atoms with Crippen LogP contribution in [0.4, 0.5) is 22.0 Å². The maximum absolute atomic E-state index is 12.8. The molecule has 0 bridgehead atoms. The molecule has 0 aliphatic carbocycles. The van der Waals surface area contributed by atoms with Crippen LogP contribution in [0, 0.1) is 11.3 Å². The van der Waals surface area contributed by atoms with Crippen molar-refractivity contribution in [3.63, 3.8) is 0 Å². The lowest BCUT2D eigenvalue weighted by Gasteiger charge is -2.17. The highest BCUT2D eigenvalue weighted by Gasteiger charge is 2.39. The molecule has 1 rings (SSSR count). The molecule has 0 aromatic carbocycles. The molecule has 0 unspecified atom stereocenters. The first-order valence-corrected chi connectivity index (χ1v) is 5.15. The standard InChI is InChI=1S/C10H6ClF5N2/c11-3-6-7(9(12)13)8(10(14,15)16)5(1-2-17)4-18-6/h4,9H,1,3H2. The number of alkyl halides is 6. The Morgan fingerprint density at radius 3 is 2.39 bits per heavy atom. The highest BCUT2D eigenvalue weighted by Crippen LogP contribution is 2.40. The number of nitrogens with zero attached hydrogens (tertiary/aromatic N) is 2. The van der Waals surface area contributed by atoms with Gasteiger partial charge in [-0.15, -0.1) is 11.6 Å². The third kappa shape index (κ3) is 2.88. The summed E-state index contributed by atoms with van der Waals surface area (Å²) in [5.41, 5.74) is -3.86. The molecular weight excluding hydrogens is 279 g/mol. The molecule has 0 amide bonds. The first kappa shape index (κ1) is 14.6. The smallest absolute Gasteiger partial charge is 0.259 e. The van der Waals surface area contributed by atoms with Crippen LogP contribution in [0.5, 0.6) is 0 Å². The Bertz CT molecular complexity index is 478. The van der Waals surface area contributed by atoms with Gasteiger partial charge in [-0.3, -0.25) is 4.98 Å². The fraction of sp³-hybridized carbons (Fsp3) is 0.400. The average molecular weight is 285 g/mol. The number of aromatic nitrogens is 1. The zero-order valence-corrected chi connectivity index (χ0v) is 9.49. The first-order valence-electron chi connectivity index (χ1n) is 4.61. The SMILES string of the molecule is N#CCc1cnc(CCl)c(C(F)F)c1C(F)(F)F. The van der Waals surface area contributed by atoms with Gasteiger partial charge in [0.1, 0.15) is 0 Å². The molecule has 0 radical (unpaired) electrons. The molecule has 0 fully saturated rings. The highest BCUT2D eigenvalue weighted by molar-refractivity contribution is 6.17. The van der Waals surface area contributed by atoms with Crippen LogP contribution in [0.25, 0.3) is 0 Å². The summed E-state index contributed by atoms with van der Waals surface area (Å²) in [6, 6.07) is 1.48. The molecule has 2 nitrogen and oxygen atoms in total. The highest BCUT2D eigenvalue weighted by atomic mass is 35.5. The van der Waals surface area contributed by atoms with E-state index in [-0.39, 0.29) is 0 Å². The Kier molecular flexibility index (Phi) is 4.46. The molecule has 1 heterocycles. The number of halogens is 6. The third-order valence-electron chi connectivity index (χ3n) is 2.18. The predicted molar refractivity (Wildman–Crippen MR) is 53.1 cm³/mol. The van der Waals surface area contributed by atoms with Gasteiger partial charge >= 0.3 is 6.18 Å². The van der Waals surface area contributed by atoms with E-state index in [0.717, 1.165) is 6.20 Å². The Morgan fingerprint density at radius 1 is 1.39 bits per heavy atom. The van der Waals surface area contributed by atoms with Crippen molar-refractivity contribution in [3.8, 4) is 6.07 Å². The number of rotatable bonds is 3. The van der Waals surface area contributed by atoms with E-state index in [0.29, 0.717) is 0 Å². The van der Waals surface area contributed by atoms with Crippen molar-refractivity contribution < 1.29 is 22.0 Å². The van der Waals surface area contributed by atoms with E-state index >= 15 is 0 Å². The minimum Gasteiger partial charge on any atom is -0.259 e. The lowest BCUT2D eigenvalue weighted by atomic mass is 9.99. The minimum atomic E-state index is -4.98. The summed E-state index contributed by atoms with van der Waals surface area (Å²) >= 11 is 5.30. The Morgan fingerprint density at radius 2 is 2.00 bits per heavy atom. The number of hydrogen-bond donors (Lipinski definition) is 0. The quantitative estimate of drug-likeness (QED) is 0.624. The summed E-state index contributed by atoms with van der Waals surface area (Å²) in [6.45, 7) is 0. The van der Waals surface area contributed by atoms with Crippen LogP contribution in [-0.4, -0.2) is 4.98 Å². The molecule has 98 valence electrons. The number of pyridine rings is 1. The monoisotopic (exact) mass is 284 g/mol. The molecule has 1 aromatic heterocycles. The predicted octanol–water partition coefficient (Wildman–Crippen LogP) is 3.84. The normalized spacial score (nSPS) is 11.7. The van der Waals surface area contributed by atoms with Crippen molar-refractivity contribution in [3.05, 3.63) is 28.6 Å². The lowest BCUT2D eigenvalue weighted by Crippen LogP contribution is -2.16. The zero-order chi connectivity index (χ0) is 13.9. The molecule has 0 N–H and O–H groups in total. The molecule has 0 saturated heterocycles. The summed E-state index contributed by atoms with van der Waals surface area (Å²) in [5.74, 6) is -0.560. The maximum atomic E-state index is 12.8. The molecule has 0 atom stereocenters. The number of nitriles is 1. The second-order valence-electron chi connectivity index (χ2n) is 3.29. The van der Waals surface area contributed by atoms with Gasteiger partial charge in [-0.2, -0.15) is 18.4 Å². The van der Waals surface area contributed by atoms with Crippen molar-refractivity contribution in [2.24, 2.45) is 0 Å². The van der Waals surface area contributed by atoms with Crippen LogP contribution in [-0.2, 0) is 18.5 Å². The Hall–Kier alpha value is -1.42. The topological polar surface area (TPSA) is 36.7 Å². The fourth-order valence-corrected chi connectivity index (χ4v) is 1.72. The molecule has 0 saturated carbocycles. The van der Waals surface area contributed by atoms with E-state index in [2.05, 4.69) is 4.98 Å². The van der Waals surface area contributed by atoms with Gasteiger partial charge in [-0.1, -0.05) is 0 Å². The molecule has 0 spiro atoms. The lowest BCUT2D eigenvalue weighted by molar-refractivity contribution is -0.140. The average Bonchev–Trinajstić information content (AvgIpc) is 2.27. The van der Waals surface area contributed by atoms with Gasteiger partial charge in [0.15, 0.2) is 0 Å². The van der Waals surface area contributed by atoms with Gasteiger partial charge in [0.2, 0.25) is 0 Å². The minimum absolute atomic E-state index is 0.527. The van der Waals surface area contributed by atoms with E-state index in [1.807, 2.05) is 0 Å². The van der Waals surface area contributed by atoms with Crippen molar-refractivity contribution in [1.29, 1.82) is 5.26 Å². The summed E-state index contributed by atoms with van der Waals surface area (Å²) in [5, 5.41) is 8.41. The largest absolute Gasteiger partial charge is 0.417 e. The van der Waals surface area contributed by atoms with E-state index < -0.39 is 47.3 Å². The molecule has 18 heavy (non-hydrogen) atoms. The van der Waals surface area contributed by atoms with E-state index in [9.17, 15) is 22.0 Å². The summed E-state index contributed by atoms with van der Waals surface area (Å²) in [6.07, 6.45) is -8.23. The molecule has 0 aliphatic rings. The molecule has 8 heteroatoms. The van der Waals surface area contributed by atoms with Crippen LogP contribution in [0.1, 0.15) is 28.8 Å². The van der Waals surface area contributed by atoms with E-state index in [4.69, 9.17) is 16.9 Å². The van der Waals surface area contributed by atoms with E-state index in [1.54, 1.807) is 0 Å². The van der Waals surface area contributed by atoms with Crippen molar-refractivity contribution >= 4 is 11.6 Å². The van der Waals surface area contributed by atoms with Gasteiger partial charge < -0.3 is 0 Å². The van der Waals surface area contributed by atoms with Crippen molar-refractivity contribution in [2.45, 2.75) is 24.9 Å². The second-order valence-corrected chi connectivity index (χ2v) is 3.55. The Balaban J connectivity index is 3.61. The molecular formula is C10H6ClF5N2. The first-order chi connectivity index (χ1) is 8.32. The summed E-state index contributed by atoms with van der Waals surface area (Å²) in [7, 11) is 0. The summed E-state index contributed by atoms with van der Waals surface area (Å²) in [4.78, 5) is 3.45. The zero-order valence-electron chi connectivity index (χ0n) is 8.73.